The van der Waals surface area contributed by atoms with E-state index in [1.807, 2.05) is 0 Å². The van der Waals surface area contributed by atoms with E-state index in [1.54, 1.807) is 26.0 Å². The van der Waals surface area contributed by atoms with Gasteiger partial charge in [0.2, 0.25) is 12.1 Å². The molecule has 9 nitrogen and oxygen atoms in total. The monoisotopic (exact) mass is 498 g/mol. The normalized spacial score (nSPS) is 33.5. The molecule has 2 aliphatic carbocycles. The summed E-state index contributed by atoms with van der Waals surface area (Å²) >= 11 is 0. The number of hydrogen-bond donors (Lipinski definition) is 4. The van der Waals surface area contributed by atoms with E-state index < -0.39 is 47.4 Å². The number of aliphatic hydroxyl groups excluding tert-OH is 1. The van der Waals surface area contributed by atoms with Gasteiger partial charge in [-0.15, -0.1) is 0 Å². The molecule has 1 saturated heterocycles. The first kappa shape index (κ1) is 24.9. The number of hydrogen-bond acceptors (Lipinski definition) is 9. The maximum Gasteiger partial charge on any atom is 0.229 e. The molecule has 4 N–H and O–H groups in total. The van der Waals surface area contributed by atoms with Crippen LogP contribution in [-0.4, -0.2) is 74.9 Å². The number of phenolic OH excluding ortho intramolecular Hbond substituents is 1. The Hall–Kier alpha value is -2.82. The van der Waals surface area contributed by atoms with Crippen LogP contribution in [0.1, 0.15) is 70.2 Å². The summed E-state index contributed by atoms with van der Waals surface area (Å²) in [6.07, 6.45) is -3.29. The predicted octanol–water partition coefficient (Wildman–Crippen LogP) is 1.66. The molecule has 192 valence electrons. The number of phenols is 1. The van der Waals surface area contributed by atoms with Crippen LogP contribution in [0.3, 0.4) is 0 Å². The van der Waals surface area contributed by atoms with Crippen LogP contribution in [-0.2, 0) is 22.3 Å². The lowest BCUT2D eigenvalue weighted by atomic mass is 9.75. The van der Waals surface area contributed by atoms with Gasteiger partial charge in [-0.2, -0.15) is 0 Å². The smallest absolute Gasteiger partial charge is 0.229 e. The van der Waals surface area contributed by atoms with Crippen LogP contribution in [0.5, 0.6) is 11.5 Å². The molecule has 2 aromatic carbocycles. The molecule has 36 heavy (non-hydrogen) atoms. The molecule has 0 bridgehead atoms. The van der Waals surface area contributed by atoms with Gasteiger partial charge in [0.1, 0.15) is 23.2 Å². The zero-order valence-corrected chi connectivity index (χ0v) is 20.6. The van der Waals surface area contributed by atoms with Crippen LogP contribution >= 0.6 is 0 Å². The highest BCUT2D eigenvalue weighted by molar-refractivity contribution is 6.30. The van der Waals surface area contributed by atoms with Crippen molar-refractivity contribution < 1.29 is 44.2 Å². The molecule has 0 unspecified atom stereocenters. The minimum Gasteiger partial charge on any atom is -0.507 e. The van der Waals surface area contributed by atoms with E-state index in [2.05, 4.69) is 0 Å². The van der Waals surface area contributed by atoms with Gasteiger partial charge in [-0.1, -0.05) is 12.1 Å². The minimum atomic E-state index is -1.71. The Morgan fingerprint density at radius 3 is 2.50 bits per heavy atom. The van der Waals surface area contributed by atoms with Gasteiger partial charge >= 0.3 is 0 Å². The highest BCUT2D eigenvalue weighted by Gasteiger charge is 2.53. The summed E-state index contributed by atoms with van der Waals surface area (Å²) in [6.45, 7) is 4.69. The van der Waals surface area contributed by atoms with Gasteiger partial charge < -0.3 is 34.6 Å². The first-order valence-electron chi connectivity index (χ1n) is 11.9. The first-order chi connectivity index (χ1) is 16.9. The number of ketones is 2. The largest absolute Gasteiger partial charge is 0.507 e. The van der Waals surface area contributed by atoms with E-state index in [0.717, 1.165) is 0 Å². The van der Waals surface area contributed by atoms with E-state index in [1.165, 1.54) is 26.2 Å². The molecule has 0 saturated carbocycles. The fourth-order valence-corrected chi connectivity index (χ4v) is 5.67. The summed E-state index contributed by atoms with van der Waals surface area (Å²) in [5.74, 6) is -1.24. The van der Waals surface area contributed by atoms with Crippen molar-refractivity contribution in [1.82, 2.24) is 0 Å². The summed E-state index contributed by atoms with van der Waals surface area (Å²) in [5.41, 5.74) is -1.39. The van der Waals surface area contributed by atoms with Crippen LogP contribution < -0.4 is 4.74 Å². The summed E-state index contributed by atoms with van der Waals surface area (Å²) in [6, 6.07) is 6.17. The number of rotatable bonds is 3. The van der Waals surface area contributed by atoms with Gasteiger partial charge in [-0.25, -0.2) is 0 Å². The number of carbonyl (C=O) groups excluding carboxylic acids is 2. The zero-order chi connectivity index (χ0) is 26.2. The van der Waals surface area contributed by atoms with Crippen LogP contribution in [0.15, 0.2) is 24.3 Å². The molecule has 6 atom stereocenters. The number of benzene rings is 2. The SMILES string of the molecule is CO[C@@H]1[C@H](Oc2cccc3c2C(=O)c2c(cc4c(c2O)CC[C@](C)(O)C4)C3=O)O[C@H](C)[C@@H](O)[C@]1(C)O. The molecule has 3 aliphatic rings. The second kappa shape index (κ2) is 8.36. The molecule has 0 radical (unpaired) electrons. The molecular weight excluding hydrogens is 468 g/mol. The summed E-state index contributed by atoms with van der Waals surface area (Å²) < 4.78 is 17.2. The Labute approximate surface area is 208 Å². The van der Waals surface area contributed by atoms with Crippen molar-refractivity contribution in [3.8, 4) is 11.5 Å². The molecule has 2 aromatic rings. The lowest BCUT2D eigenvalue weighted by Crippen LogP contribution is -2.66. The molecule has 0 aromatic heterocycles. The van der Waals surface area contributed by atoms with Gasteiger partial charge in [0.05, 0.1) is 22.8 Å². The van der Waals surface area contributed by atoms with Crippen molar-refractivity contribution in [2.45, 2.75) is 75.8 Å². The Kier molecular flexibility index (Phi) is 5.77. The first-order valence-corrected chi connectivity index (χ1v) is 11.9. The average molecular weight is 499 g/mol. The third-order valence-corrected chi connectivity index (χ3v) is 7.67. The average Bonchev–Trinajstić information content (AvgIpc) is 2.80. The van der Waals surface area contributed by atoms with Crippen molar-refractivity contribution in [3.05, 3.63) is 57.6 Å². The van der Waals surface area contributed by atoms with E-state index in [0.29, 0.717) is 24.0 Å². The number of ether oxygens (including phenoxy) is 3. The van der Waals surface area contributed by atoms with Crippen molar-refractivity contribution in [2.24, 2.45) is 0 Å². The topological polar surface area (TPSA) is 143 Å². The van der Waals surface area contributed by atoms with Crippen LogP contribution in [0, 0.1) is 0 Å². The highest BCUT2D eigenvalue weighted by atomic mass is 16.7. The lowest BCUT2D eigenvalue weighted by molar-refractivity contribution is -0.306. The number of carbonyl (C=O) groups is 2. The maximum atomic E-state index is 13.7. The molecule has 9 heteroatoms. The lowest BCUT2D eigenvalue weighted by Gasteiger charge is -2.46. The second-order valence-corrected chi connectivity index (χ2v) is 10.5. The molecule has 1 aliphatic heterocycles. The van der Waals surface area contributed by atoms with Crippen LogP contribution in [0.25, 0.3) is 0 Å². The van der Waals surface area contributed by atoms with Gasteiger partial charge in [0, 0.05) is 24.7 Å². The molecule has 1 heterocycles. The standard InChI is InChI=1S/C27H30O9/c1-12-23(31)27(3,33)24(34-4)25(35-12)36-17-7-5-6-15-18(17)22(30)19-16(20(15)28)10-13-11-26(2,32)9-8-14(13)21(19)29/h5-7,10,12,23-25,29,31-33H,8-9,11H2,1-4H3/t12-,23-,24-,25+,26+,27+/m1/s1. The minimum absolute atomic E-state index is 0.0232. The van der Waals surface area contributed by atoms with Gasteiger partial charge in [0.15, 0.2) is 11.9 Å². The van der Waals surface area contributed by atoms with E-state index in [-0.39, 0.29) is 40.2 Å². The Balaban J connectivity index is 1.58. The molecule has 1 fully saturated rings. The van der Waals surface area contributed by atoms with Crippen molar-refractivity contribution in [3.63, 3.8) is 0 Å². The van der Waals surface area contributed by atoms with Crippen molar-refractivity contribution >= 4 is 11.6 Å². The van der Waals surface area contributed by atoms with Crippen molar-refractivity contribution in [1.29, 1.82) is 0 Å². The number of aliphatic hydroxyl groups is 3. The van der Waals surface area contributed by atoms with Crippen LogP contribution in [0.2, 0.25) is 0 Å². The van der Waals surface area contributed by atoms with Crippen molar-refractivity contribution in [2.75, 3.05) is 7.11 Å². The van der Waals surface area contributed by atoms with E-state index >= 15 is 0 Å². The Morgan fingerprint density at radius 2 is 1.81 bits per heavy atom. The second-order valence-electron chi connectivity index (χ2n) is 10.5. The Morgan fingerprint density at radius 1 is 1.08 bits per heavy atom. The van der Waals surface area contributed by atoms with E-state index in [4.69, 9.17) is 14.2 Å². The highest BCUT2D eigenvalue weighted by Crippen LogP contribution is 2.43. The predicted molar refractivity (Wildman–Crippen MR) is 126 cm³/mol. The molecular formula is C27H30O9. The fourth-order valence-electron chi connectivity index (χ4n) is 5.67. The molecule has 0 amide bonds. The number of methoxy groups -OCH3 is 1. The quantitative estimate of drug-likeness (QED) is 0.424. The molecule has 0 spiro atoms. The number of aromatic hydroxyl groups is 1. The van der Waals surface area contributed by atoms with Crippen LogP contribution in [0.4, 0.5) is 0 Å². The van der Waals surface area contributed by atoms with E-state index in [9.17, 15) is 30.0 Å². The Bertz CT molecular complexity index is 1260. The van der Waals surface area contributed by atoms with Gasteiger partial charge in [-0.3, -0.25) is 9.59 Å². The maximum absolute atomic E-state index is 13.7. The third kappa shape index (κ3) is 3.65. The summed E-state index contributed by atoms with van der Waals surface area (Å²) in [5, 5.41) is 42.8. The summed E-state index contributed by atoms with van der Waals surface area (Å²) in [4.78, 5) is 27.2. The summed E-state index contributed by atoms with van der Waals surface area (Å²) in [7, 11) is 1.34. The van der Waals surface area contributed by atoms with Gasteiger partial charge in [-0.05, 0) is 56.9 Å². The number of fused-ring (bicyclic) bond motifs is 3. The molecule has 5 rings (SSSR count). The van der Waals surface area contributed by atoms with Gasteiger partial charge in [0.25, 0.3) is 0 Å². The third-order valence-electron chi connectivity index (χ3n) is 7.67. The fraction of sp³-hybridized carbons (Fsp3) is 0.481. The zero-order valence-electron chi connectivity index (χ0n) is 20.6.